The smallest absolute Gasteiger partial charge is 0.269 e. The topological polar surface area (TPSA) is 55.2 Å². The summed E-state index contributed by atoms with van der Waals surface area (Å²) in [4.78, 5) is 9.95. The summed E-state index contributed by atoms with van der Waals surface area (Å²) >= 11 is 0. The number of rotatable bonds is 3. The van der Waals surface area contributed by atoms with Crippen molar-refractivity contribution in [2.24, 2.45) is 0 Å². The fourth-order valence-electron chi connectivity index (χ4n) is 1.58. The van der Waals surface area contributed by atoms with E-state index in [9.17, 15) is 14.5 Å². The summed E-state index contributed by atoms with van der Waals surface area (Å²) in [7, 11) is 0. The second-order valence-corrected chi connectivity index (χ2v) is 3.66. The average molecular weight is 210 g/mol. The van der Waals surface area contributed by atoms with Crippen molar-refractivity contribution in [2.45, 2.75) is 18.6 Å². The van der Waals surface area contributed by atoms with Gasteiger partial charge in [-0.1, -0.05) is 12.1 Å². The molecule has 1 aromatic rings. The molecule has 80 valence electrons. The van der Waals surface area contributed by atoms with Gasteiger partial charge in [0.2, 0.25) is 0 Å². The molecule has 0 spiro atoms. The summed E-state index contributed by atoms with van der Waals surface area (Å²) in [5.41, 5.74) is 0.984. The lowest BCUT2D eigenvalue weighted by Gasteiger charge is -2.32. The molecule has 0 aliphatic carbocycles. The van der Waals surface area contributed by atoms with Crippen molar-refractivity contribution in [2.75, 3.05) is 6.54 Å². The molecule has 0 unspecified atom stereocenters. The standard InChI is InChI=1S/C10H11FN2O2/c11-9-6-12-10(9)5-7-1-3-8(4-2-7)13(14)15/h1-4,9-10,12H,5-6H2/t9-,10-/m0/s1. The molecule has 1 aliphatic rings. The zero-order chi connectivity index (χ0) is 10.8. The zero-order valence-electron chi connectivity index (χ0n) is 8.02. The number of halogens is 1. The van der Waals surface area contributed by atoms with Gasteiger partial charge in [-0.2, -0.15) is 0 Å². The Kier molecular flexibility index (Phi) is 2.64. The van der Waals surface area contributed by atoms with Crippen LogP contribution in [0.4, 0.5) is 10.1 Å². The molecule has 0 bridgehead atoms. The van der Waals surface area contributed by atoms with Crippen LogP contribution in [0, 0.1) is 10.1 Å². The first kappa shape index (κ1) is 10.0. The summed E-state index contributed by atoms with van der Waals surface area (Å²) in [6.45, 7) is 0.414. The molecule has 0 amide bonds. The van der Waals surface area contributed by atoms with E-state index >= 15 is 0 Å². The minimum Gasteiger partial charge on any atom is -0.308 e. The molecule has 0 saturated carbocycles. The highest BCUT2D eigenvalue weighted by Gasteiger charge is 2.29. The van der Waals surface area contributed by atoms with E-state index in [1.165, 1.54) is 12.1 Å². The first-order chi connectivity index (χ1) is 7.16. The maximum atomic E-state index is 12.9. The Morgan fingerprint density at radius 1 is 1.47 bits per heavy atom. The fourth-order valence-corrected chi connectivity index (χ4v) is 1.58. The van der Waals surface area contributed by atoms with Crippen molar-refractivity contribution in [1.82, 2.24) is 5.32 Å². The van der Waals surface area contributed by atoms with E-state index in [1.807, 2.05) is 0 Å². The number of non-ortho nitro benzene ring substituents is 1. The van der Waals surface area contributed by atoms with Crippen LogP contribution in [0.25, 0.3) is 0 Å². The van der Waals surface area contributed by atoms with Crippen LogP contribution in [-0.4, -0.2) is 23.7 Å². The number of benzene rings is 1. The minimum atomic E-state index is -0.791. The largest absolute Gasteiger partial charge is 0.308 e. The number of nitrogens with zero attached hydrogens (tertiary/aromatic N) is 1. The van der Waals surface area contributed by atoms with Crippen LogP contribution in [0.1, 0.15) is 5.56 Å². The van der Waals surface area contributed by atoms with Gasteiger partial charge in [0.05, 0.1) is 4.92 Å². The molecule has 1 heterocycles. The molecule has 1 fully saturated rings. The third-order valence-electron chi connectivity index (χ3n) is 2.61. The number of nitro groups is 1. The summed E-state index contributed by atoms with van der Waals surface area (Å²) < 4.78 is 12.9. The molecule has 5 heteroatoms. The van der Waals surface area contributed by atoms with Gasteiger partial charge in [-0.15, -0.1) is 0 Å². The predicted octanol–water partition coefficient (Wildman–Crippen LogP) is 1.45. The van der Waals surface area contributed by atoms with E-state index in [-0.39, 0.29) is 11.7 Å². The Morgan fingerprint density at radius 3 is 2.53 bits per heavy atom. The molecular weight excluding hydrogens is 199 g/mol. The lowest BCUT2D eigenvalue weighted by Crippen LogP contribution is -2.55. The number of nitro benzene ring substituents is 1. The second kappa shape index (κ2) is 3.94. The predicted molar refractivity (Wildman–Crippen MR) is 53.5 cm³/mol. The highest BCUT2D eigenvalue weighted by Crippen LogP contribution is 2.17. The SMILES string of the molecule is O=[N+]([O-])c1ccc(C[C@@H]2NC[C@@H]2F)cc1. The zero-order valence-corrected chi connectivity index (χ0v) is 8.02. The molecule has 4 nitrogen and oxygen atoms in total. The molecule has 1 aromatic carbocycles. The van der Waals surface area contributed by atoms with Crippen LogP contribution >= 0.6 is 0 Å². The Labute approximate surface area is 86.3 Å². The Morgan fingerprint density at radius 2 is 2.13 bits per heavy atom. The molecule has 1 saturated heterocycles. The van der Waals surface area contributed by atoms with Gasteiger partial charge < -0.3 is 5.32 Å². The van der Waals surface area contributed by atoms with E-state index in [1.54, 1.807) is 12.1 Å². The number of hydrogen-bond acceptors (Lipinski definition) is 3. The summed E-state index contributed by atoms with van der Waals surface area (Å²) in [5, 5.41) is 13.4. The van der Waals surface area contributed by atoms with E-state index in [2.05, 4.69) is 5.32 Å². The highest BCUT2D eigenvalue weighted by atomic mass is 19.1. The van der Waals surface area contributed by atoms with Crippen molar-refractivity contribution in [3.63, 3.8) is 0 Å². The first-order valence-electron chi connectivity index (χ1n) is 4.77. The molecule has 15 heavy (non-hydrogen) atoms. The summed E-state index contributed by atoms with van der Waals surface area (Å²) in [6, 6.07) is 6.10. The first-order valence-corrected chi connectivity index (χ1v) is 4.77. The minimum absolute atomic E-state index is 0.0668. The van der Waals surface area contributed by atoms with Gasteiger partial charge in [0.15, 0.2) is 0 Å². The maximum Gasteiger partial charge on any atom is 0.269 e. The van der Waals surface area contributed by atoms with Crippen LogP contribution in [0.15, 0.2) is 24.3 Å². The Bertz CT molecular complexity index is 366. The van der Waals surface area contributed by atoms with Crippen molar-refractivity contribution in [3.8, 4) is 0 Å². The average Bonchev–Trinajstić information content (AvgIpc) is 2.24. The maximum absolute atomic E-state index is 12.9. The number of alkyl halides is 1. The van der Waals surface area contributed by atoms with Gasteiger partial charge in [-0.05, 0) is 12.0 Å². The van der Waals surface area contributed by atoms with Crippen LogP contribution in [0.3, 0.4) is 0 Å². The van der Waals surface area contributed by atoms with Gasteiger partial charge in [-0.25, -0.2) is 4.39 Å². The summed E-state index contributed by atoms with van der Waals surface area (Å²) in [5.74, 6) is 0. The molecule has 1 aliphatic heterocycles. The number of nitrogens with one attached hydrogen (secondary N) is 1. The van der Waals surface area contributed by atoms with Gasteiger partial charge in [0.25, 0.3) is 5.69 Å². The lowest BCUT2D eigenvalue weighted by molar-refractivity contribution is -0.384. The normalized spacial score (nSPS) is 24.6. The van der Waals surface area contributed by atoms with Crippen LogP contribution < -0.4 is 5.32 Å². The van der Waals surface area contributed by atoms with Crippen LogP contribution in [-0.2, 0) is 6.42 Å². The van der Waals surface area contributed by atoms with Crippen molar-refractivity contribution in [3.05, 3.63) is 39.9 Å². The van der Waals surface area contributed by atoms with Crippen LogP contribution in [0.5, 0.6) is 0 Å². The molecule has 0 radical (unpaired) electrons. The summed E-state index contributed by atoms with van der Waals surface area (Å²) in [6.07, 6.45) is -0.209. The van der Waals surface area contributed by atoms with E-state index in [0.29, 0.717) is 13.0 Å². The van der Waals surface area contributed by atoms with Gasteiger partial charge in [0.1, 0.15) is 6.17 Å². The highest BCUT2D eigenvalue weighted by molar-refractivity contribution is 5.33. The van der Waals surface area contributed by atoms with E-state index < -0.39 is 11.1 Å². The lowest BCUT2D eigenvalue weighted by atomic mass is 9.96. The second-order valence-electron chi connectivity index (χ2n) is 3.66. The molecule has 0 aromatic heterocycles. The molecular formula is C10H11FN2O2. The van der Waals surface area contributed by atoms with Gasteiger partial charge in [0, 0.05) is 24.7 Å². The molecule has 1 N–H and O–H groups in total. The monoisotopic (exact) mass is 210 g/mol. The van der Waals surface area contributed by atoms with Crippen LogP contribution in [0.2, 0.25) is 0 Å². The van der Waals surface area contributed by atoms with Crippen molar-refractivity contribution >= 4 is 5.69 Å². The third-order valence-corrected chi connectivity index (χ3v) is 2.61. The Balaban J connectivity index is 2.01. The van der Waals surface area contributed by atoms with Crippen molar-refractivity contribution < 1.29 is 9.31 Å². The number of hydrogen-bond donors (Lipinski definition) is 1. The third kappa shape index (κ3) is 2.12. The van der Waals surface area contributed by atoms with Gasteiger partial charge >= 0.3 is 0 Å². The fraction of sp³-hybridized carbons (Fsp3) is 0.400. The van der Waals surface area contributed by atoms with Crippen molar-refractivity contribution in [1.29, 1.82) is 0 Å². The Hall–Kier alpha value is -1.49. The molecule has 2 rings (SSSR count). The van der Waals surface area contributed by atoms with Gasteiger partial charge in [-0.3, -0.25) is 10.1 Å². The molecule has 2 atom stereocenters. The quantitative estimate of drug-likeness (QED) is 0.606. The van der Waals surface area contributed by atoms with E-state index in [0.717, 1.165) is 5.56 Å². The van der Waals surface area contributed by atoms with E-state index in [4.69, 9.17) is 0 Å².